The van der Waals surface area contributed by atoms with Crippen molar-refractivity contribution in [1.82, 2.24) is 10.2 Å². The van der Waals surface area contributed by atoms with Gasteiger partial charge in [0, 0.05) is 17.6 Å². The highest BCUT2D eigenvalue weighted by molar-refractivity contribution is 6.30. The van der Waals surface area contributed by atoms with E-state index in [1.807, 2.05) is 24.3 Å². The van der Waals surface area contributed by atoms with Crippen molar-refractivity contribution in [2.24, 2.45) is 0 Å². The van der Waals surface area contributed by atoms with E-state index < -0.39 is 0 Å². The molecule has 1 fully saturated rings. The van der Waals surface area contributed by atoms with Gasteiger partial charge in [-0.1, -0.05) is 42.3 Å². The molecule has 6 heteroatoms. The standard InChI is InChI=1S/C23H23ClN2O3/c24-17-10-8-16(9-11-17)19(26-12-4-1-5-13-26)15-25-23(28)22-14-20(27)18-6-2-3-7-21(18)29-22/h2-3,6-11,14,19H,1,4-5,12-13,15H2,(H,25,28)/t19-/m1/s1. The Labute approximate surface area is 174 Å². The summed E-state index contributed by atoms with van der Waals surface area (Å²) in [6.07, 6.45) is 3.54. The Balaban J connectivity index is 1.54. The van der Waals surface area contributed by atoms with Gasteiger partial charge < -0.3 is 9.73 Å². The number of amides is 1. The first kappa shape index (κ1) is 19.7. The zero-order valence-corrected chi connectivity index (χ0v) is 16.8. The van der Waals surface area contributed by atoms with Gasteiger partial charge in [0.25, 0.3) is 5.91 Å². The van der Waals surface area contributed by atoms with Crippen LogP contribution in [0.1, 0.15) is 41.4 Å². The lowest BCUT2D eigenvalue weighted by atomic mass is 10.0. The summed E-state index contributed by atoms with van der Waals surface area (Å²) in [5.74, 6) is -0.356. The van der Waals surface area contributed by atoms with Crippen LogP contribution in [0, 0.1) is 0 Å². The molecule has 0 bridgehead atoms. The third kappa shape index (κ3) is 4.52. The third-order valence-electron chi connectivity index (χ3n) is 5.40. The summed E-state index contributed by atoms with van der Waals surface area (Å²) in [5.41, 5.74) is 1.30. The lowest BCUT2D eigenvalue weighted by Crippen LogP contribution is -2.40. The molecule has 1 aliphatic heterocycles. The second-order valence-electron chi connectivity index (χ2n) is 7.35. The highest BCUT2D eigenvalue weighted by Gasteiger charge is 2.23. The monoisotopic (exact) mass is 410 g/mol. The van der Waals surface area contributed by atoms with Crippen LogP contribution in [0.25, 0.3) is 11.0 Å². The minimum atomic E-state index is -0.385. The van der Waals surface area contributed by atoms with Crippen molar-refractivity contribution in [2.45, 2.75) is 25.3 Å². The highest BCUT2D eigenvalue weighted by atomic mass is 35.5. The average Bonchev–Trinajstić information content (AvgIpc) is 2.75. The van der Waals surface area contributed by atoms with E-state index in [1.165, 1.54) is 12.5 Å². The van der Waals surface area contributed by atoms with E-state index in [0.29, 0.717) is 22.5 Å². The lowest BCUT2D eigenvalue weighted by molar-refractivity contribution is 0.0897. The van der Waals surface area contributed by atoms with E-state index in [2.05, 4.69) is 10.2 Å². The van der Waals surface area contributed by atoms with Gasteiger partial charge in [-0.25, -0.2) is 0 Å². The summed E-state index contributed by atoms with van der Waals surface area (Å²) in [6.45, 7) is 2.42. The molecule has 29 heavy (non-hydrogen) atoms. The third-order valence-corrected chi connectivity index (χ3v) is 5.65. The maximum Gasteiger partial charge on any atom is 0.287 e. The smallest absolute Gasteiger partial charge is 0.287 e. The van der Waals surface area contributed by atoms with E-state index in [0.717, 1.165) is 31.5 Å². The molecule has 150 valence electrons. The van der Waals surface area contributed by atoms with Crippen molar-refractivity contribution in [1.29, 1.82) is 0 Å². The summed E-state index contributed by atoms with van der Waals surface area (Å²) in [7, 11) is 0. The first-order valence-electron chi connectivity index (χ1n) is 9.92. The molecule has 2 heterocycles. The van der Waals surface area contributed by atoms with Crippen molar-refractivity contribution in [2.75, 3.05) is 19.6 Å². The van der Waals surface area contributed by atoms with Crippen LogP contribution in [0.2, 0.25) is 5.02 Å². The Kier molecular flexibility index (Phi) is 5.97. The Morgan fingerprint density at radius 2 is 1.79 bits per heavy atom. The second-order valence-corrected chi connectivity index (χ2v) is 7.78. The fourth-order valence-corrected chi connectivity index (χ4v) is 3.99. The fraction of sp³-hybridized carbons (Fsp3) is 0.304. The van der Waals surface area contributed by atoms with Gasteiger partial charge in [-0.15, -0.1) is 0 Å². The number of para-hydroxylation sites is 1. The van der Waals surface area contributed by atoms with E-state index in [9.17, 15) is 9.59 Å². The van der Waals surface area contributed by atoms with Crippen molar-refractivity contribution in [3.8, 4) is 0 Å². The van der Waals surface area contributed by atoms with Gasteiger partial charge in [0.05, 0.1) is 11.4 Å². The maximum absolute atomic E-state index is 12.7. The molecular weight excluding hydrogens is 388 g/mol. The molecule has 5 nitrogen and oxygen atoms in total. The molecule has 0 spiro atoms. The summed E-state index contributed by atoms with van der Waals surface area (Å²) in [5, 5.41) is 4.11. The second kappa shape index (κ2) is 8.80. The molecule has 0 unspecified atom stereocenters. The zero-order valence-electron chi connectivity index (χ0n) is 16.1. The number of piperidine rings is 1. The molecule has 1 saturated heterocycles. The van der Waals surface area contributed by atoms with E-state index in [1.54, 1.807) is 24.3 Å². The Morgan fingerprint density at radius 3 is 2.55 bits per heavy atom. The van der Waals surface area contributed by atoms with E-state index >= 15 is 0 Å². The van der Waals surface area contributed by atoms with Crippen LogP contribution < -0.4 is 10.7 Å². The molecule has 1 N–H and O–H groups in total. The maximum atomic E-state index is 12.7. The van der Waals surface area contributed by atoms with Crippen LogP contribution in [0.15, 0.2) is 63.8 Å². The number of nitrogens with one attached hydrogen (secondary N) is 1. The van der Waals surface area contributed by atoms with Gasteiger partial charge in [-0.3, -0.25) is 14.5 Å². The molecule has 0 radical (unpaired) electrons. The topological polar surface area (TPSA) is 62.6 Å². The number of halogens is 1. The molecule has 0 aliphatic carbocycles. The van der Waals surface area contributed by atoms with E-state index in [4.69, 9.17) is 16.0 Å². The SMILES string of the molecule is O=C(NC[C@H](c1ccc(Cl)cc1)N1CCCCC1)c1cc(=O)c2ccccc2o1. The van der Waals surface area contributed by atoms with Gasteiger partial charge >= 0.3 is 0 Å². The summed E-state index contributed by atoms with van der Waals surface area (Å²) < 4.78 is 5.66. The van der Waals surface area contributed by atoms with Gasteiger partial charge in [0.2, 0.25) is 0 Å². The van der Waals surface area contributed by atoms with E-state index in [-0.39, 0.29) is 23.1 Å². The van der Waals surface area contributed by atoms with Crippen LogP contribution in [0.3, 0.4) is 0 Å². The minimum Gasteiger partial charge on any atom is -0.451 e. The Hall–Kier alpha value is -2.63. The molecule has 1 amide bonds. The van der Waals surface area contributed by atoms with Crippen molar-refractivity contribution in [3.05, 3.63) is 81.2 Å². The van der Waals surface area contributed by atoms with Gasteiger partial charge in [-0.2, -0.15) is 0 Å². The van der Waals surface area contributed by atoms with Crippen LogP contribution in [-0.4, -0.2) is 30.4 Å². The molecule has 1 atom stereocenters. The van der Waals surface area contributed by atoms with Gasteiger partial charge in [-0.05, 0) is 55.8 Å². The molecule has 1 aromatic heterocycles. The fourth-order valence-electron chi connectivity index (χ4n) is 3.87. The van der Waals surface area contributed by atoms with Crippen LogP contribution in [0.4, 0.5) is 0 Å². The molecule has 1 aliphatic rings. The number of nitrogens with zero attached hydrogens (tertiary/aromatic N) is 1. The minimum absolute atomic E-state index is 0.0298. The lowest BCUT2D eigenvalue weighted by Gasteiger charge is -2.35. The quantitative estimate of drug-likeness (QED) is 0.677. The van der Waals surface area contributed by atoms with Gasteiger partial charge in [0.1, 0.15) is 5.58 Å². The molecular formula is C23H23ClN2O3. The van der Waals surface area contributed by atoms with Crippen LogP contribution in [0.5, 0.6) is 0 Å². The van der Waals surface area contributed by atoms with Crippen LogP contribution >= 0.6 is 11.6 Å². The van der Waals surface area contributed by atoms with Crippen molar-refractivity contribution in [3.63, 3.8) is 0 Å². The molecule has 4 rings (SSSR count). The predicted octanol–water partition coefficient (Wildman–Crippen LogP) is 4.40. The number of fused-ring (bicyclic) bond motifs is 1. The number of rotatable bonds is 5. The number of carbonyl (C=O) groups excluding carboxylic acids is 1. The average molecular weight is 411 g/mol. The number of likely N-dealkylation sites (tertiary alicyclic amines) is 1. The highest BCUT2D eigenvalue weighted by Crippen LogP contribution is 2.25. The largest absolute Gasteiger partial charge is 0.451 e. The number of benzene rings is 2. The number of hydrogen-bond acceptors (Lipinski definition) is 4. The molecule has 2 aromatic carbocycles. The number of hydrogen-bond donors (Lipinski definition) is 1. The zero-order chi connectivity index (χ0) is 20.2. The first-order valence-corrected chi connectivity index (χ1v) is 10.3. The Bertz CT molecular complexity index is 1060. The van der Waals surface area contributed by atoms with Crippen molar-refractivity contribution >= 4 is 28.5 Å². The van der Waals surface area contributed by atoms with Gasteiger partial charge in [0.15, 0.2) is 11.2 Å². The van der Waals surface area contributed by atoms with Crippen molar-refractivity contribution < 1.29 is 9.21 Å². The summed E-state index contributed by atoms with van der Waals surface area (Å²) in [6, 6.07) is 16.0. The number of carbonyl (C=O) groups is 1. The first-order chi connectivity index (χ1) is 14.1. The normalized spacial score (nSPS) is 15.9. The summed E-state index contributed by atoms with van der Waals surface area (Å²) >= 11 is 6.05. The van der Waals surface area contributed by atoms with Crippen LogP contribution in [-0.2, 0) is 0 Å². The predicted molar refractivity (Wildman–Crippen MR) is 114 cm³/mol. The Morgan fingerprint density at radius 1 is 1.07 bits per heavy atom. The molecule has 0 saturated carbocycles. The summed E-state index contributed by atoms with van der Waals surface area (Å²) in [4.78, 5) is 27.4. The molecule has 3 aromatic rings.